The first-order valence-electron chi connectivity index (χ1n) is 8.72. The summed E-state index contributed by atoms with van der Waals surface area (Å²) in [7, 11) is 0. The van der Waals surface area contributed by atoms with Crippen molar-refractivity contribution in [2.75, 3.05) is 35.2 Å². The molecule has 0 saturated carbocycles. The summed E-state index contributed by atoms with van der Waals surface area (Å²) >= 11 is 6.12. The van der Waals surface area contributed by atoms with Crippen LogP contribution in [0.1, 0.15) is 30.1 Å². The standard InChI is InChI=1S/C20H22ClN3O2/c1-14(25)15-5-4-6-17(11-15)23-20(26)13-22-18-12-16(21)7-8-19(18)24-9-2-3-10-24/h4-8,11-12,22H,2-3,9-10,13H2,1H3,(H,23,26). The zero-order chi connectivity index (χ0) is 18.5. The summed E-state index contributed by atoms with van der Waals surface area (Å²) in [5.41, 5.74) is 3.10. The minimum atomic E-state index is -0.182. The molecule has 136 valence electrons. The van der Waals surface area contributed by atoms with Crippen LogP contribution in [0.15, 0.2) is 42.5 Å². The van der Waals surface area contributed by atoms with Crippen LogP contribution in [-0.4, -0.2) is 31.3 Å². The van der Waals surface area contributed by atoms with Crippen molar-refractivity contribution in [3.8, 4) is 0 Å². The average Bonchev–Trinajstić information content (AvgIpc) is 3.14. The number of nitrogens with one attached hydrogen (secondary N) is 2. The van der Waals surface area contributed by atoms with E-state index in [1.54, 1.807) is 24.3 Å². The number of rotatable bonds is 6. The first-order valence-corrected chi connectivity index (χ1v) is 9.10. The fourth-order valence-corrected chi connectivity index (χ4v) is 3.25. The minimum Gasteiger partial charge on any atom is -0.374 e. The summed E-state index contributed by atoms with van der Waals surface area (Å²) in [5, 5.41) is 6.62. The maximum atomic E-state index is 12.3. The number of halogens is 1. The molecule has 6 heteroatoms. The van der Waals surface area contributed by atoms with E-state index in [9.17, 15) is 9.59 Å². The zero-order valence-electron chi connectivity index (χ0n) is 14.7. The van der Waals surface area contributed by atoms with Crippen LogP contribution in [0.4, 0.5) is 17.1 Å². The van der Waals surface area contributed by atoms with Crippen molar-refractivity contribution >= 4 is 40.4 Å². The molecule has 0 spiro atoms. The van der Waals surface area contributed by atoms with Crippen molar-refractivity contribution < 1.29 is 9.59 Å². The van der Waals surface area contributed by atoms with Crippen LogP contribution < -0.4 is 15.5 Å². The maximum Gasteiger partial charge on any atom is 0.243 e. The van der Waals surface area contributed by atoms with Gasteiger partial charge in [0.05, 0.1) is 17.9 Å². The highest BCUT2D eigenvalue weighted by molar-refractivity contribution is 6.31. The lowest BCUT2D eigenvalue weighted by Gasteiger charge is -2.22. The molecule has 1 heterocycles. The van der Waals surface area contributed by atoms with Gasteiger partial charge in [0.25, 0.3) is 0 Å². The molecule has 0 bridgehead atoms. The summed E-state index contributed by atoms with van der Waals surface area (Å²) < 4.78 is 0. The van der Waals surface area contributed by atoms with Gasteiger partial charge in [-0.05, 0) is 50.1 Å². The molecule has 1 amide bonds. The Labute approximate surface area is 158 Å². The molecule has 0 unspecified atom stereocenters. The van der Waals surface area contributed by atoms with Crippen molar-refractivity contribution in [1.29, 1.82) is 0 Å². The molecule has 3 rings (SSSR count). The van der Waals surface area contributed by atoms with Crippen LogP contribution in [0.25, 0.3) is 0 Å². The van der Waals surface area contributed by atoms with Gasteiger partial charge in [0.1, 0.15) is 0 Å². The third-order valence-corrected chi connectivity index (χ3v) is 4.63. The highest BCUT2D eigenvalue weighted by Crippen LogP contribution is 2.31. The van der Waals surface area contributed by atoms with E-state index >= 15 is 0 Å². The van der Waals surface area contributed by atoms with E-state index in [-0.39, 0.29) is 18.2 Å². The first-order chi connectivity index (χ1) is 12.5. The topological polar surface area (TPSA) is 61.4 Å². The van der Waals surface area contributed by atoms with Gasteiger partial charge in [0.2, 0.25) is 5.91 Å². The van der Waals surface area contributed by atoms with Gasteiger partial charge in [-0.15, -0.1) is 0 Å². The molecule has 5 nitrogen and oxygen atoms in total. The van der Waals surface area contributed by atoms with E-state index in [1.807, 2.05) is 18.2 Å². The van der Waals surface area contributed by atoms with E-state index in [0.717, 1.165) is 24.5 Å². The zero-order valence-corrected chi connectivity index (χ0v) is 15.5. The lowest BCUT2D eigenvalue weighted by molar-refractivity contribution is -0.114. The van der Waals surface area contributed by atoms with Crippen LogP contribution in [0.3, 0.4) is 0 Å². The van der Waals surface area contributed by atoms with Gasteiger partial charge in [-0.1, -0.05) is 23.7 Å². The molecule has 0 radical (unpaired) electrons. The number of hydrogen-bond donors (Lipinski definition) is 2. The Kier molecular flexibility index (Phi) is 5.78. The Morgan fingerprint density at radius 3 is 2.62 bits per heavy atom. The molecule has 26 heavy (non-hydrogen) atoms. The van der Waals surface area contributed by atoms with Crippen molar-refractivity contribution in [3.63, 3.8) is 0 Å². The van der Waals surface area contributed by atoms with E-state index in [2.05, 4.69) is 15.5 Å². The highest BCUT2D eigenvalue weighted by Gasteiger charge is 2.16. The van der Waals surface area contributed by atoms with E-state index in [1.165, 1.54) is 19.8 Å². The van der Waals surface area contributed by atoms with E-state index < -0.39 is 0 Å². The van der Waals surface area contributed by atoms with Crippen LogP contribution >= 0.6 is 11.6 Å². The van der Waals surface area contributed by atoms with Gasteiger partial charge in [-0.25, -0.2) is 0 Å². The number of hydrogen-bond acceptors (Lipinski definition) is 4. The predicted molar refractivity (Wildman–Crippen MR) is 106 cm³/mol. The number of amides is 1. The van der Waals surface area contributed by atoms with Gasteiger partial charge < -0.3 is 15.5 Å². The Morgan fingerprint density at radius 1 is 1.12 bits per heavy atom. The number of Topliss-reactive ketones (excluding diaryl/α,β-unsaturated/α-hetero) is 1. The summed E-state index contributed by atoms with van der Waals surface area (Å²) in [6.45, 7) is 3.65. The van der Waals surface area contributed by atoms with Gasteiger partial charge >= 0.3 is 0 Å². The third-order valence-electron chi connectivity index (χ3n) is 4.40. The van der Waals surface area contributed by atoms with Crippen LogP contribution in [0, 0.1) is 0 Å². The lowest BCUT2D eigenvalue weighted by Crippen LogP contribution is -2.24. The van der Waals surface area contributed by atoms with E-state index in [0.29, 0.717) is 16.3 Å². The monoisotopic (exact) mass is 371 g/mol. The van der Waals surface area contributed by atoms with Crippen LogP contribution in [-0.2, 0) is 4.79 Å². The van der Waals surface area contributed by atoms with Crippen LogP contribution in [0.2, 0.25) is 5.02 Å². The number of benzene rings is 2. The van der Waals surface area contributed by atoms with Crippen molar-refractivity contribution in [1.82, 2.24) is 0 Å². The van der Waals surface area contributed by atoms with Gasteiger partial charge in [0, 0.05) is 29.4 Å². The second-order valence-corrected chi connectivity index (χ2v) is 6.83. The molecule has 1 aliphatic heterocycles. The van der Waals surface area contributed by atoms with E-state index in [4.69, 9.17) is 11.6 Å². The molecule has 1 fully saturated rings. The second-order valence-electron chi connectivity index (χ2n) is 6.39. The quantitative estimate of drug-likeness (QED) is 0.747. The maximum absolute atomic E-state index is 12.3. The Hall–Kier alpha value is -2.53. The molecule has 0 aromatic heterocycles. The Balaban J connectivity index is 1.65. The van der Waals surface area contributed by atoms with Crippen LogP contribution in [0.5, 0.6) is 0 Å². The van der Waals surface area contributed by atoms with Crippen molar-refractivity contribution in [2.24, 2.45) is 0 Å². The van der Waals surface area contributed by atoms with Crippen molar-refractivity contribution in [2.45, 2.75) is 19.8 Å². The summed E-state index contributed by atoms with van der Waals surface area (Å²) in [6, 6.07) is 12.6. The largest absolute Gasteiger partial charge is 0.374 e. The summed E-state index contributed by atoms with van der Waals surface area (Å²) in [4.78, 5) is 26.0. The van der Waals surface area contributed by atoms with Gasteiger partial charge in [0.15, 0.2) is 5.78 Å². The second kappa shape index (κ2) is 8.23. The molecule has 1 aliphatic rings. The molecule has 0 aliphatic carbocycles. The minimum absolute atomic E-state index is 0.0339. The fourth-order valence-electron chi connectivity index (χ4n) is 3.08. The first kappa shape index (κ1) is 18.3. The molecule has 2 N–H and O–H groups in total. The fraction of sp³-hybridized carbons (Fsp3) is 0.300. The molecule has 0 atom stereocenters. The number of nitrogens with zero attached hydrogens (tertiary/aromatic N) is 1. The molecule has 1 saturated heterocycles. The van der Waals surface area contributed by atoms with Gasteiger partial charge in [-0.2, -0.15) is 0 Å². The average molecular weight is 372 g/mol. The predicted octanol–water partition coefficient (Wildman–Crippen LogP) is 4.19. The molecular formula is C20H22ClN3O2. The van der Waals surface area contributed by atoms with Gasteiger partial charge in [-0.3, -0.25) is 9.59 Å². The third kappa shape index (κ3) is 4.55. The summed E-state index contributed by atoms with van der Waals surface area (Å²) in [6.07, 6.45) is 2.35. The normalized spacial score (nSPS) is 13.5. The van der Waals surface area contributed by atoms with Crippen molar-refractivity contribution in [3.05, 3.63) is 53.1 Å². The molecular weight excluding hydrogens is 350 g/mol. The number of ketones is 1. The molecule has 2 aromatic rings. The molecule has 2 aromatic carbocycles. The Morgan fingerprint density at radius 2 is 1.88 bits per heavy atom. The number of carbonyl (C=O) groups excluding carboxylic acids is 2. The Bertz CT molecular complexity index is 816. The summed E-state index contributed by atoms with van der Waals surface area (Å²) in [5.74, 6) is -0.216. The SMILES string of the molecule is CC(=O)c1cccc(NC(=O)CNc2cc(Cl)ccc2N2CCCC2)c1. The number of carbonyl (C=O) groups is 2. The highest BCUT2D eigenvalue weighted by atomic mass is 35.5. The lowest BCUT2D eigenvalue weighted by atomic mass is 10.1. The number of anilines is 3. The smallest absolute Gasteiger partial charge is 0.243 e.